The Labute approximate surface area is 187 Å². The number of carbonyl (C=O) groups is 1. The van der Waals surface area contributed by atoms with Crippen LogP contribution >= 0.6 is 11.6 Å². The molecule has 3 aromatic rings. The molecular formula is C24H21ClN2O3S. The molecule has 1 amide bonds. The first-order chi connectivity index (χ1) is 14.8. The Bertz CT molecular complexity index is 1320. The van der Waals surface area contributed by atoms with Crippen LogP contribution in [0.25, 0.3) is 23.3 Å². The highest BCUT2D eigenvalue weighted by Crippen LogP contribution is 2.34. The zero-order valence-corrected chi connectivity index (χ0v) is 18.7. The molecule has 0 fully saturated rings. The van der Waals surface area contributed by atoms with Crippen LogP contribution < -0.4 is 9.62 Å². The zero-order chi connectivity index (χ0) is 22.2. The number of benzene rings is 3. The third-order valence-electron chi connectivity index (χ3n) is 5.33. The van der Waals surface area contributed by atoms with Crippen LogP contribution in [0.15, 0.2) is 65.6 Å². The lowest BCUT2D eigenvalue weighted by atomic mass is 9.96. The van der Waals surface area contributed by atoms with Gasteiger partial charge in [-0.25, -0.2) is 13.1 Å². The van der Waals surface area contributed by atoms with Gasteiger partial charge in [0.05, 0.1) is 17.1 Å². The van der Waals surface area contributed by atoms with Crippen molar-refractivity contribution in [2.45, 2.75) is 18.4 Å². The number of sulfonamides is 1. The van der Waals surface area contributed by atoms with Crippen molar-refractivity contribution in [3.63, 3.8) is 0 Å². The van der Waals surface area contributed by atoms with Gasteiger partial charge in [-0.2, -0.15) is 0 Å². The molecule has 4 rings (SSSR count). The van der Waals surface area contributed by atoms with Gasteiger partial charge in [-0.15, -0.1) is 0 Å². The van der Waals surface area contributed by atoms with E-state index < -0.39 is 10.0 Å². The summed E-state index contributed by atoms with van der Waals surface area (Å²) >= 11 is 6.16. The first-order valence-electron chi connectivity index (χ1n) is 9.72. The SMILES string of the molecule is CNS(=O)(=O)c1ccccc1-c1ccc2c(c1)CN(C(C)=O)c1ccc(Cl)cc1/C=C\2. The molecule has 0 aromatic heterocycles. The smallest absolute Gasteiger partial charge is 0.240 e. The van der Waals surface area contributed by atoms with E-state index in [1.165, 1.54) is 14.0 Å². The monoisotopic (exact) mass is 452 g/mol. The van der Waals surface area contributed by atoms with E-state index in [2.05, 4.69) is 4.72 Å². The fourth-order valence-corrected chi connectivity index (χ4v) is 4.88. The number of fused-ring (bicyclic) bond motifs is 2. The number of rotatable bonds is 3. The normalized spacial score (nSPS) is 14.2. The van der Waals surface area contributed by atoms with Crippen molar-refractivity contribution in [3.05, 3.63) is 82.4 Å². The lowest BCUT2D eigenvalue weighted by Crippen LogP contribution is -2.29. The second-order valence-electron chi connectivity index (χ2n) is 7.26. The number of carbonyl (C=O) groups excluding carboxylic acids is 1. The van der Waals surface area contributed by atoms with E-state index in [0.29, 0.717) is 17.1 Å². The molecule has 0 unspecified atom stereocenters. The second-order valence-corrected chi connectivity index (χ2v) is 9.55. The zero-order valence-electron chi connectivity index (χ0n) is 17.1. The summed E-state index contributed by atoms with van der Waals surface area (Å²) in [6, 6.07) is 18.1. The molecule has 0 aliphatic carbocycles. The maximum absolute atomic E-state index is 12.5. The first kappa shape index (κ1) is 21.3. The molecule has 0 spiro atoms. The number of nitrogens with one attached hydrogen (secondary N) is 1. The van der Waals surface area contributed by atoms with Crippen molar-refractivity contribution >= 4 is 45.4 Å². The first-order valence-corrected chi connectivity index (χ1v) is 11.6. The van der Waals surface area contributed by atoms with Crippen LogP contribution in [0.2, 0.25) is 5.02 Å². The van der Waals surface area contributed by atoms with Crippen molar-refractivity contribution in [1.82, 2.24) is 4.72 Å². The molecule has 1 heterocycles. The summed E-state index contributed by atoms with van der Waals surface area (Å²) in [5.41, 5.74) is 4.88. The molecule has 1 aliphatic rings. The number of hydrogen-bond donors (Lipinski definition) is 1. The fourth-order valence-electron chi connectivity index (χ4n) is 3.74. The maximum Gasteiger partial charge on any atom is 0.240 e. The average Bonchev–Trinajstić information content (AvgIpc) is 2.75. The predicted octanol–water partition coefficient (Wildman–Crippen LogP) is 4.95. The standard InChI is InChI=1S/C24H21ClN2O3S/c1-16(28)27-15-20-13-18(22-5-3-4-6-24(22)31(29,30)26-2)9-7-17(20)8-10-19-14-21(25)11-12-23(19)27/h3-14,26H,15H2,1-2H3/b10-8-. The minimum absolute atomic E-state index is 0.0895. The van der Waals surface area contributed by atoms with E-state index in [9.17, 15) is 13.2 Å². The summed E-state index contributed by atoms with van der Waals surface area (Å²) < 4.78 is 27.4. The van der Waals surface area contributed by atoms with E-state index in [0.717, 1.165) is 27.9 Å². The molecule has 1 N–H and O–H groups in total. The van der Waals surface area contributed by atoms with E-state index in [4.69, 9.17) is 11.6 Å². The molecule has 0 bridgehead atoms. The summed E-state index contributed by atoms with van der Waals surface area (Å²) in [6.45, 7) is 1.89. The average molecular weight is 453 g/mol. The molecular weight excluding hydrogens is 432 g/mol. The molecule has 0 saturated carbocycles. The van der Waals surface area contributed by atoms with Gasteiger partial charge in [0.2, 0.25) is 15.9 Å². The Balaban J connectivity index is 1.87. The highest BCUT2D eigenvalue weighted by atomic mass is 35.5. The summed E-state index contributed by atoms with van der Waals surface area (Å²) in [6.07, 6.45) is 3.93. The largest absolute Gasteiger partial charge is 0.308 e. The third-order valence-corrected chi connectivity index (χ3v) is 7.04. The number of nitrogens with zero attached hydrogens (tertiary/aromatic N) is 1. The number of amides is 1. The topological polar surface area (TPSA) is 66.5 Å². The van der Waals surface area contributed by atoms with Crippen LogP contribution in [-0.4, -0.2) is 21.4 Å². The van der Waals surface area contributed by atoms with Gasteiger partial charge in [0.25, 0.3) is 0 Å². The molecule has 0 saturated heterocycles. The molecule has 31 heavy (non-hydrogen) atoms. The van der Waals surface area contributed by atoms with Crippen LogP contribution in [0, 0.1) is 0 Å². The molecule has 3 aromatic carbocycles. The van der Waals surface area contributed by atoms with Crippen LogP contribution in [-0.2, 0) is 21.4 Å². The van der Waals surface area contributed by atoms with Crippen molar-refractivity contribution in [1.29, 1.82) is 0 Å². The van der Waals surface area contributed by atoms with Gasteiger partial charge in [-0.1, -0.05) is 54.1 Å². The van der Waals surface area contributed by atoms with Gasteiger partial charge in [0, 0.05) is 17.5 Å². The van der Waals surface area contributed by atoms with Gasteiger partial charge >= 0.3 is 0 Å². The number of halogens is 1. The van der Waals surface area contributed by atoms with Crippen molar-refractivity contribution < 1.29 is 13.2 Å². The molecule has 1 aliphatic heterocycles. The van der Waals surface area contributed by atoms with Crippen molar-refractivity contribution in [3.8, 4) is 11.1 Å². The van der Waals surface area contributed by atoms with E-state index in [1.807, 2.05) is 48.6 Å². The minimum atomic E-state index is -3.62. The Morgan fingerprint density at radius 3 is 2.48 bits per heavy atom. The highest BCUT2D eigenvalue weighted by molar-refractivity contribution is 7.89. The van der Waals surface area contributed by atoms with Gasteiger partial charge in [0.15, 0.2) is 0 Å². The quantitative estimate of drug-likeness (QED) is 0.611. The summed E-state index contributed by atoms with van der Waals surface area (Å²) in [4.78, 5) is 14.4. The molecule has 7 heteroatoms. The number of hydrogen-bond acceptors (Lipinski definition) is 3. The van der Waals surface area contributed by atoms with Crippen LogP contribution in [0.4, 0.5) is 5.69 Å². The molecule has 0 radical (unpaired) electrons. The van der Waals surface area contributed by atoms with Crippen LogP contribution in [0.5, 0.6) is 0 Å². The highest BCUT2D eigenvalue weighted by Gasteiger charge is 2.21. The van der Waals surface area contributed by atoms with Crippen molar-refractivity contribution in [2.24, 2.45) is 0 Å². The predicted molar refractivity (Wildman–Crippen MR) is 125 cm³/mol. The summed E-state index contributed by atoms with van der Waals surface area (Å²) in [5, 5.41) is 0.602. The van der Waals surface area contributed by atoms with E-state index in [1.54, 1.807) is 29.2 Å². The van der Waals surface area contributed by atoms with E-state index >= 15 is 0 Å². The fraction of sp³-hybridized carbons (Fsp3) is 0.125. The molecule has 158 valence electrons. The Hall–Kier alpha value is -2.93. The van der Waals surface area contributed by atoms with Gasteiger partial charge < -0.3 is 4.90 Å². The van der Waals surface area contributed by atoms with Gasteiger partial charge in [0.1, 0.15) is 0 Å². The lowest BCUT2D eigenvalue weighted by Gasteiger charge is -2.26. The van der Waals surface area contributed by atoms with Gasteiger partial charge in [-0.3, -0.25) is 4.79 Å². The minimum Gasteiger partial charge on any atom is -0.308 e. The van der Waals surface area contributed by atoms with Crippen molar-refractivity contribution in [2.75, 3.05) is 11.9 Å². The number of anilines is 1. The van der Waals surface area contributed by atoms with E-state index in [-0.39, 0.29) is 10.8 Å². The summed E-state index contributed by atoms with van der Waals surface area (Å²) in [5.74, 6) is -0.0895. The second kappa shape index (κ2) is 8.30. The van der Waals surface area contributed by atoms with Crippen LogP contribution in [0.1, 0.15) is 23.6 Å². The Morgan fingerprint density at radius 2 is 1.74 bits per heavy atom. The Morgan fingerprint density at radius 1 is 1.00 bits per heavy atom. The van der Waals surface area contributed by atoms with Gasteiger partial charge in [-0.05, 0) is 59.6 Å². The third kappa shape index (κ3) is 4.14. The Kier molecular flexibility index (Phi) is 5.71. The van der Waals surface area contributed by atoms with Crippen LogP contribution in [0.3, 0.4) is 0 Å². The molecule has 5 nitrogen and oxygen atoms in total. The summed E-state index contributed by atoms with van der Waals surface area (Å²) in [7, 11) is -2.23. The molecule has 0 atom stereocenters. The maximum atomic E-state index is 12.5. The lowest BCUT2D eigenvalue weighted by molar-refractivity contribution is -0.116.